The van der Waals surface area contributed by atoms with Crippen LogP contribution in [0.25, 0.3) is 0 Å². The van der Waals surface area contributed by atoms with Crippen molar-refractivity contribution in [3.05, 3.63) is 67.0 Å². The van der Waals surface area contributed by atoms with E-state index in [-0.39, 0.29) is 44.7 Å². The minimum Gasteiger partial charge on any atom is -0.467 e. The summed E-state index contributed by atoms with van der Waals surface area (Å²) in [6, 6.07) is 13.3. The summed E-state index contributed by atoms with van der Waals surface area (Å²) in [6.07, 6.45) is -1.08. The van der Waals surface area contributed by atoms with Crippen molar-refractivity contribution in [1.82, 2.24) is 5.32 Å². The highest BCUT2D eigenvalue weighted by Crippen LogP contribution is 2.28. The fourth-order valence-electron chi connectivity index (χ4n) is 3.66. The zero-order chi connectivity index (χ0) is 27.9. The summed E-state index contributed by atoms with van der Waals surface area (Å²) in [5.74, 6) is -1.10. The van der Waals surface area contributed by atoms with E-state index in [1.807, 2.05) is 0 Å². The third kappa shape index (κ3) is 7.49. The van der Waals surface area contributed by atoms with E-state index in [1.165, 1.54) is 16.9 Å². The second-order valence-corrected chi connectivity index (χ2v) is 11.6. The average Bonchev–Trinajstić information content (AvgIpc) is 3.66. The highest BCUT2D eigenvalue weighted by atomic mass is 35.5. The van der Waals surface area contributed by atoms with Gasteiger partial charge in [0.2, 0.25) is 0 Å². The Morgan fingerprint density at radius 2 is 1.72 bits per heavy atom. The van der Waals surface area contributed by atoms with Crippen LogP contribution in [-0.2, 0) is 19.0 Å². The first-order chi connectivity index (χ1) is 18.7. The first-order valence-corrected chi connectivity index (χ1v) is 14.0. The molecule has 0 bridgehead atoms. The molecule has 1 N–H and O–H groups in total. The van der Waals surface area contributed by atoms with Crippen molar-refractivity contribution in [2.45, 2.75) is 6.10 Å². The van der Waals surface area contributed by atoms with Crippen LogP contribution in [-0.4, -0.2) is 69.9 Å². The van der Waals surface area contributed by atoms with Crippen LogP contribution in [0.2, 0.25) is 8.67 Å². The number of thiophene rings is 2. The number of methoxy groups -OCH3 is 1. The Hall–Kier alpha value is -3.16. The van der Waals surface area contributed by atoms with E-state index in [9.17, 15) is 19.2 Å². The number of rotatable bonds is 11. The van der Waals surface area contributed by atoms with Gasteiger partial charge in [-0.15, -0.1) is 22.7 Å². The SMILES string of the molecule is COC(=O)COCCN(C(=O)c1ccc(Cl)s1)c1ccc(N2C[C@H](CNC(=O)c3ccc(Cl)s3)OC2=O)cc1. The van der Waals surface area contributed by atoms with E-state index < -0.39 is 18.2 Å². The molecule has 0 aliphatic carbocycles. The van der Waals surface area contributed by atoms with Gasteiger partial charge in [0.25, 0.3) is 11.8 Å². The molecule has 3 heterocycles. The molecular weight excluding hydrogens is 589 g/mol. The van der Waals surface area contributed by atoms with Gasteiger partial charge in [-0.3, -0.25) is 14.5 Å². The maximum atomic E-state index is 13.2. The van der Waals surface area contributed by atoms with Gasteiger partial charge in [0.1, 0.15) is 12.7 Å². The molecule has 0 unspecified atom stereocenters. The molecule has 3 aromatic rings. The molecule has 1 aromatic carbocycles. The second kappa shape index (κ2) is 13.3. The van der Waals surface area contributed by atoms with Crippen LogP contribution in [0, 0.1) is 0 Å². The van der Waals surface area contributed by atoms with Gasteiger partial charge in [0, 0.05) is 17.9 Å². The molecule has 1 atom stereocenters. The van der Waals surface area contributed by atoms with Gasteiger partial charge >= 0.3 is 12.1 Å². The van der Waals surface area contributed by atoms with Gasteiger partial charge in [-0.05, 0) is 48.5 Å². The standard InChI is InChI=1S/C25H23Cl2N3O7S2/c1-35-22(31)14-36-11-10-29(24(33)19-7-9-21(27)39-19)15-2-4-16(5-3-15)30-13-17(37-25(30)34)12-28-23(32)18-6-8-20(26)38-18/h2-9,17H,10-14H2,1H3,(H,28,32)/t17-/m0/s1. The van der Waals surface area contributed by atoms with E-state index in [0.717, 1.165) is 22.7 Å². The highest BCUT2D eigenvalue weighted by molar-refractivity contribution is 7.18. The molecule has 1 fully saturated rings. The number of benzene rings is 1. The molecule has 4 rings (SSSR count). The lowest BCUT2D eigenvalue weighted by molar-refractivity contribution is -0.145. The number of hydrogen-bond donors (Lipinski definition) is 1. The van der Waals surface area contributed by atoms with Gasteiger partial charge in [0.15, 0.2) is 0 Å². The molecule has 0 radical (unpaired) electrons. The molecule has 10 nitrogen and oxygen atoms in total. The minimum absolute atomic E-state index is 0.0885. The van der Waals surface area contributed by atoms with E-state index >= 15 is 0 Å². The predicted molar refractivity (Wildman–Crippen MR) is 150 cm³/mol. The van der Waals surface area contributed by atoms with Gasteiger partial charge in [0.05, 0.1) is 45.2 Å². The Bertz CT molecular complexity index is 1350. The third-order valence-corrected chi connectivity index (χ3v) is 8.02. The molecule has 39 heavy (non-hydrogen) atoms. The van der Waals surface area contributed by atoms with Crippen molar-refractivity contribution in [2.24, 2.45) is 0 Å². The average molecular weight is 613 g/mol. The number of halogens is 2. The summed E-state index contributed by atoms with van der Waals surface area (Å²) in [6.45, 7) is 0.397. The Balaban J connectivity index is 1.40. The largest absolute Gasteiger partial charge is 0.467 e. The summed E-state index contributed by atoms with van der Waals surface area (Å²) in [5.41, 5.74) is 1.12. The van der Waals surface area contributed by atoms with Crippen LogP contribution in [0.3, 0.4) is 0 Å². The maximum absolute atomic E-state index is 13.2. The summed E-state index contributed by atoms with van der Waals surface area (Å²) >= 11 is 14.2. The number of amides is 3. The second-order valence-electron chi connectivity index (χ2n) is 8.14. The molecular formula is C25H23Cl2N3O7S2. The van der Waals surface area contributed by atoms with Gasteiger partial charge in [-0.2, -0.15) is 0 Å². The zero-order valence-corrected chi connectivity index (χ0v) is 23.7. The van der Waals surface area contributed by atoms with Crippen LogP contribution in [0.1, 0.15) is 19.3 Å². The molecule has 1 aliphatic heterocycles. The number of ether oxygens (including phenoxy) is 3. The van der Waals surface area contributed by atoms with Crippen molar-refractivity contribution >= 4 is 81.1 Å². The zero-order valence-electron chi connectivity index (χ0n) is 20.6. The van der Waals surface area contributed by atoms with E-state index in [2.05, 4.69) is 10.1 Å². The fourth-order valence-corrected chi connectivity index (χ4v) is 5.61. The number of carbonyl (C=O) groups is 4. The minimum atomic E-state index is -0.543. The van der Waals surface area contributed by atoms with Crippen molar-refractivity contribution in [3.8, 4) is 0 Å². The summed E-state index contributed by atoms with van der Waals surface area (Å²) in [5, 5.41) is 2.75. The molecule has 3 amide bonds. The van der Waals surface area contributed by atoms with E-state index in [4.69, 9.17) is 32.7 Å². The lowest BCUT2D eigenvalue weighted by Crippen LogP contribution is -2.34. The number of carbonyl (C=O) groups excluding carboxylic acids is 4. The van der Waals surface area contributed by atoms with Crippen molar-refractivity contribution < 1.29 is 33.4 Å². The topological polar surface area (TPSA) is 114 Å². The third-order valence-electron chi connectivity index (χ3n) is 5.57. The van der Waals surface area contributed by atoms with Crippen LogP contribution >= 0.6 is 45.9 Å². The van der Waals surface area contributed by atoms with E-state index in [0.29, 0.717) is 29.8 Å². The molecule has 206 valence electrons. The quantitative estimate of drug-likeness (QED) is 0.247. The first kappa shape index (κ1) is 28.8. The maximum Gasteiger partial charge on any atom is 0.414 e. The van der Waals surface area contributed by atoms with Gasteiger partial charge in [-0.25, -0.2) is 9.59 Å². The first-order valence-electron chi connectivity index (χ1n) is 11.6. The number of esters is 1. The number of nitrogens with zero attached hydrogens (tertiary/aromatic N) is 2. The lowest BCUT2D eigenvalue weighted by Gasteiger charge is -2.23. The lowest BCUT2D eigenvalue weighted by atomic mass is 10.2. The summed E-state index contributed by atoms with van der Waals surface area (Å²) in [4.78, 5) is 53.2. The Morgan fingerprint density at radius 3 is 2.33 bits per heavy atom. The molecule has 1 saturated heterocycles. The van der Waals surface area contributed by atoms with E-state index in [1.54, 1.807) is 48.5 Å². The molecule has 0 saturated carbocycles. The van der Waals surface area contributed by atoms with Crippen molar-refractivity contribution in [3.63, 3.8) is 0 Å². The molecule has 14 heteroatoms. The predicted octanol–water partition coefficient (Wildman–Crippen LogP) is 4.71. The van der Waals surface area contributed by atoms with Gasteiger partial charge < -0.3 is 24.4 Å². The van der Waals surface area contributed by atoms with Crippen LogP contribution in [0.5, 0.6) is 0 Å². The molecule has 2 aromatic heterocycles. The highest BCUT2D eigenvalue weighted by Gasteiger charge is 2.33. The molecule has 1 aliphatic rings. The van der Waals surface area contributed by atoms with Crippen LogP contribution in [0.4, 0.5) is 16.2 Å². The van der Waals surface area contributed by atoms with Crippen molar-refractivity contribution in [2.75, 3.05) is 49.8 Å². The summed E-state index contributed by atoms with van der Waals surface area (Å²) in [7, 11) is 1.26. The molecule has 0 spiro atoms. The monoisotopic (exact) mass is 611 g/mol. The van der Waals surface area contributed by atoms with Crippen LogP contribution in [0.15, 0.2) is 48.5 Å². The number of hydrogen-bond acceptors (Lipinski definition) is 9. The Kier molecular flexibility index (Phi) is 9.81. The summed E-state index contributed by atoms with van der Waals surface area (Å²) < 4.78 is 16.3. The van der Waals surface area contributed by atoms with Gasteiger partial charge in [-0.1, -0.05) is 23.2 Å². The normalized spacial score (nSPS) is 14.7. The number of cyclic esters (lactones) is 1. The smallest absolute Gasteiger partial charge is 0.414 e. The Labute approximate surface area is 241 Å². The number of nitrogens with one attached hydrogen (secondary N) is 1. The number of anilines is 2. The van der Waals surface area contributed by atoms with Crippen LogP contribution < -0.4 is 15.1 Å². The van der Waals surface area contributed by atoms with Crippen molar-refractivity contribution in [1.29, 1.82) is 0 Å². The Morgan fingerprint density at radius 1 is 1.05 bits per heavy atom. The fraction of sp³-hybridized carbons (Fsp3) is 0.280.